The minimum absolute atomic E-state index is 0.250. The minimum atomic E-state index is -0.473. The van der Waals surface area contributed by atoms with Crippen LogP contribution in [0.5, 0.6) is 0 Å². The molecule has 4 N–H and O–H groups in total. The lowest BCUT2D eigenvalue weighted by Crippen LogP contribution is -2.26. The number of rotatable bonds is 5. The first-order valence-electron chi connectivity index (χ1n) is 11.3. The number of aromatic amines is 1. The summed E-state index contributed by atoms with van der Waals surface area (Å²) in [6, 6.07) is 9.10. The van der Waals surface area contributed by atoms with Crippen LogP contribution in [0.4, 0.5) is 4.39 Å². The number of amides is 1. The Morgan fingerprint density at radius 1 is 1.06 bits per heavy atom. The minimum Gasteiger partial charge on any atom is -0.366 e. The number of primary amides is 1. The van der Waals surface area contributed by atoms with Gasteiger partial charge in [0, 0.05) is 18.1 Å². The number of aromatic nitrogens is 1. The van der Waals surface area contributed by atoms with Gasteiger partial charge in [0.05, 0.1) is 11.1 Å². The monoisotopic (exact) mass is 420 g/mol. The molecule has 2 aliphatic rings. The summed E-state index contributed by atoms with van der Waals surface area (Å²) in [4.78, 5) is 17.9. The molecule has 31 heavy (non-hydrogen) atoms. The molecule has 0 saturated carbocycles. The molecule has 162 valence electrons. The molecular weight excluding hydrogens is 391 g/mol. The van der Waals surface area contributed by atoms with E-state index < -0.39 is 5.91 Å². The van der Waals surface area contributed by atoms with Crippen LogP contribution >= 0.6 is 0 Å². The van der Waals surface area contributed by atoms with E-state index in [-0.39, 0.29) is 5.82 Å². The first-order chi connectivity index (χ1) is 15.1. The van der Waals surface area contributed by atoms with E-state index >= 15 is 0 Å². The van der Waals surface area contributed by atoms with Crippen LogP contribution in [0.25, 0.3) is 22.0 Å². The van der Waals surface area contributed by atoms with Crippen LogP contribution in [0.3, 0.4) is 0 Å². The van der Waals surface area contributed by atoms with Crippen LogP contribution in [0, 0.1) is 5.82 Å². The second kappa shape index (κ2) is 8.44. The zero-order chi connectivity index (χ0) is 21.4. The van der Waals surface area contributed by atoms with E-state index in [1.807, 2.05) is 12.3 Å². The fourth-order valence-electron chi connectivity index (χ4n) is 5.19. The Morgan fingerprint density at radius 2 is 1.81 bits per heavy atom. The Bertz CT molecular complexity index is 1110. The molecule has 5 nitrogen and oxygen atoms in total. The van der Waals surface area contributed by atoms with Crippen molar-refractivity contribution in [2.24, 2.45) is 5.73 Å². The molecule has 2 fully saturated rings. The van der Waals surface area contributed by atoms with Crippen LogP contribution in [0.2, 0.25) is 0 Å². The van der Waals surface area contributed by atoms with Gasteiger partial charge in [-0.05, 0) is 110 Å². The zero-order valence-electron chi connectivity index (χ0n) is 17.7. The SMILES string of the molecule is NC(=O)c1cc(-c2cc(F)cc(CN3CCCC3)c2)cc2c(C3CCNCC3)c[nH]c12. The van der Waals surface area contributed by atoms with Gasteiger partial charge < -0.3 is 16.0 Å². The van der Waals surface area contributed by atoms with E-state index in [1.54, 1.807) is 18.2 Å². The predicted molar refractivity (Wildman–Crippen MR) is 122 cm³/mol. The van der Waals surface area contributed by atoms with E-state index in [4.69, 9.17) is 5.73 Å². The van der Waals surface area contributed by atoms with Crippen molar-refractivity contribution in [2.45, 2.75) is 38.1 Å². The highest BCUT2D eigenvalue weighted by Crippen LogP contribution is 2.36. The van der Waals surface area contributed by atoms with Crippen molar-refractivity contribution >= 4 is 16.8 Å². The molecule has 1 amide bonds. The molecule has 3 heterocycles. The van der Waals surface area contributed by atoms with Gasteiger partial charge in [-0.3, -0.25) is 9.69 Å². The number of carbonyl (C=O) groups excluding carboxylic acids is 1. The Labute approximate surface area is 181 Å². The summed E-state index contributed by atoms with van der Waals surface area (Å²) in [6.45, 7) is 4.85. The number of piperidine rings is 1. The Balaban J connectivity index is 1.59. The summed E-state index contributed by atoms with van der Waals surface area (Å²) < 4.78 is 14.5. The normalized spacial score (nSPS) is 18.1. The number of nitrogens with zero attached hydrogens (tertiary/aromatic N) is 1. The standard InChI is InChI=1S/C25H29FN4O/c26-20-10-16(15-30-7-1-2-8-30)9-18(11-20)19-12-21-23(17-3-5-28-6-4-17)14-29-24(21)22(13-19)25(27)31/h9-14,17,28-29H,1-8,15H2,(H2,27,31). The van der Waals surface area contributed by atoms with Gasteiger partial charge in [-0.2, -0.15) is 0 Å². The van der Waals surface area contributed by atoms with Crippen LogP contribution in [0.15, 0.2) is 36.5 Å². The second-order valence-electron chi connectivity index (χ2n) is 8.91. The van der Waals surface area contributed by atoms with Gasteiger partial charge in [0.1, 0.15) is 5.82 Å². The van der Waals surface area contributed by atoms with E-state index in [9.17, 15) is 9.18 Å². The summed E-state index contributed by atoms with van der Waals surface area (Å²) in [6.07, 6.45) is 6.54. The largest absolute Gasteiger partial charge is 0.366 e. The molecule has 0 radical (unpaired) electrons. The number of hydrogen-bond donors (Lipinski definition) is 3. The lowest BCUT2D eigenvalue weighted by atomic mass is 9.88. The molecule has 2 aromatic carbocycles. The maximum absolute atomic E-state index is 14.5. The van der Waals surface area contributed by atoms with E-state index in [0.29, 0.717) is 11.5 Å². The molecule has 3 aromatic rings. The number of carbonyl (C=O) groups is 1. The molecule has 2 aliphatic heterocycles. The smallest absolute Gasteiger partial charge is 0.250 e. The molecule has 5 rings (SSSR count). The van der Waals surface area contributed by atoms with E-state index in [1.165, 1.54) is 18.4 Å². The van der Waals surface area contributed by atoms with Crippen LogP contribution in [-0.2, 0) is 6.54 Å². The summed E-state index contributed by atoms with van der Waals surface area (Å²) in [5.41, 5.74) is 10.8. The van der Waals surface area contributed by atoms with Gasteiger partial charge in [-0.15, -0.1) is 0 Å². The van der Waals surface area contributed by atoms with Crippen LogP contribution in [0.1, 0.15) is 53.1 Å². The Hall–Kier alpha value is -2.70. The number of halogens is 1. The lowest BCUT2D eigenvalue weighted by molar-refractivity contribution is 0.100. The Morgan fingerprint density at radius 3 is 2.55 bits per heavy atom. The number of benzene rings is 2. The molecular formula is C25H29FN4O. The fraction of sp³-hybridized carbons (Fsp3) is 0.400. The van der Waals surface area contributed by atoms with Crippen molar-refractivity contribution in [3.05, 3.63) is 59.0 Å². The van der Waals surface area contributed by atoms with Crippen molar-refractivity contribution in [2.75, 3.05) is 26.2 Å². The van der Waals surface area contributed by atoms with Gasteiger partial charge in [-0.25, -0.2) is 4.39 Å². The van der Waals surface area contributed by atoms with Crippen molar-refractivity contribution in [1.82, 2.24) is 15.2 Å². The quantitative estimate of drug-likeness (QED) is 0.581. The van der Waals surface area contributed by atoms with Crippen molar-refractivity contribution in [3.63, 3.8) is 0 Å². The summed E-state index contributed by atoms with van der Waals surface area (Å²) in [7, 11) is 0. The van der Waals surface area contributed by atoms with Gasteiger partial charge in [0.25, 0.3) is 5.91 Å². The summed E-state index contributed by atoms with van der Waals surface area (Å²) in [5.74, 6) is -0.288. The summed E-state index contributed by atoms with van der Waals surface area (Å²) >= 11 is 0. The van der Waals surface area contributed by atoms with Crippen LogP contribution in [-0.4, -0.2) is 42.0 Å². The highest BCUT2D eigenvalue weighted by atomic mass is 19.1. The predicted octanol–water partition coefficient (Wildman–Crippen LogP) is 4.14. The molecule has 2 saturated heterocycles. The highest BCUT2D eigenvalue weighted by Gasteiger charge is 2.22. The number of hydrogen-bond acceptors (Lipinski definition) is 3. The highest BCUT2D eigenvalue weighted by molar-refractivity contribution is 6.07. The van der Waals surface area contributed by atoms with Crippen molar-refractivity contribution in [3.8, 4) is 11.1 Å². The fourth-order valence-corrected chi connectivity index (χ4v) is 5.19. The maximum atomic E-state index is 14.5. The third-order valence-corrected chi connectivity index (χ3v) is 6.76. The van der Waals surface area contributed by atoms with Crippen LogP contribution < -0.4 is 11.1 Å². The first kappa shape index (κ1) is 20.2. The van der Waals surface area contributed by atoms with E-state index in [0.717, 1.165) is 73.2 Å². The molecule has 0 unspecified atom stereocenters. The topological polar surface area (TPSA) is 74.2 Å². The van der Waals surface area contributed by atoms with Crippen molar-refractivity contribution < 1.29 is 9.18 Å². The Kier molecular flexibility index (Phi) is 5.50. The number of likely N-dealkylation sites (tertiary alicyclic amines) is 1. The molecule has 1 aromatic heterocycles. The zero-order valence-corrected chi connectivity index (χ0v) is 17.7. The number of nitrogens with two attached hydrogens (primary N) is 1. The maximum Gasteiger partial charge on any atom is 0.250 e. The average molecular weight is 421 g/mol. The van der Waals surface area contributed by atoms with Gasteiger partial charge in [-0.1, -0.05) is 0 Å². The second-order valence-corrected chi connectivity index (χ2v) is 8.91. The molecule has 0 spiro atoms. The molecule has 0 atom stereocenters. The summed E-state index contributed by atoms with van der Waals surface area (Å²) in [5, 5.41) is 4.42. The van der Waals surface area contributed by atoms with Gasteiger partial charge in [0.15, 0.2) is 0 Å². The molecule has 0 bridgehead atoms. The van der Waals surface area contributed by atoms with E-state index in [2.05, 4.69) is 21.3 Å². The third-order valence-electron chi connectivity index (χ3n) is 6.76. The van der Waals surface area contributed by atoms with Gasteiger partial charge >= 0.3 is 0 Å². The number of fused-ring (bicyclic) bond motifs is 1. The average Bonchev–Trinajstić information content (AvgIpc) is 3.43. The lowest BCUT2D eigenvalue weighted by Gasteiger charge is -2.22. The number of H-pyrrole nitrogens is 1. The first-order valence-corrected chi connectivity index (χ1v) is 11.3. The third kappa shape index (κ3) is 4.10. The number of nitrogens with one attached hydrogen (secondary N) is 2. The van der Waals surface area contributed by atoms with Crippen molar-refractivity contribution in [1.29, 1.82) is 0 Å². The molecule has 6 heteroatoms. The van der Waals surface area contributed by atoms with Gasteiger partial charge in [0.2, 0.25) is 0 Å². The molecule has 0 aliphatic carbocycles.